The highest BCUT2D eigenvalue weighted by Crippen LogP contribution is 2.51. The molecule has 0 radical (unpaired) electrons. The Bertz CT molecular complexity index is 700. The fourth-order valence-electron chi connectivity index (χ4n) is 3.90. The first-order valence-electron chi connectivity index (χ1n) is 9.16. The smallest absolute Gasteiger partial charge is 0.414 e. The minimum atomic E-state index is -0.531. The van der Waals surface area contributed by atoms with Crippen molar-refractivity contribution in [2.75, 3.05) is 13.7 Å². The predicted molar refractivity (Wildman–Crippen MR) is 106 cm³/mol. The van der Waals surface area contributed by atoms with E-state index in [9.17, 15) is 4.79 Å². The normalized spacial score (nSPS) is 17.5. The molecule has 2 rings (SSSR count). The van der Waals surface area contributed by atoms with E-state index in [1.54, 1.807) is 12.0 Å². The number of amides is 1. The fourth-order valence-corrected chi connectivity index (χ4v) is 3.90. The number of nitrogens with zero attached hydrogens (tertiary/aromatic N) is 1. The van der Waals surface area contributed by atoms with Crippen LogP contribution in [-0.2, 0) is 4.74 Å². The maximum atomic E-state index is 13.0. The Hall–Kier alpha value is -1.97. The van der Waals surface area contributed by atoms with Crippen LogP contribution in [0.5, 0.6) is 5.75 Å². The van der Waals surface area contributed by atoms with Gasteiger partial charge in [-0.25, -0.2) is 4.79 Å². The summed E-state index contributed by atoms with van der Waals surface area (Å²) in [6.45, 7) is 17.3. The number of hydrogen-bond donors (Lipinski definition) is 0. The second-order valence-corrected chi connectivity index (χ2v) is 9.65. The SMILES string of the molecule is COc1ccc(C2=C(C(C)(C)C)C(C)(C)CN2C(=O)OC(C)(C)C)cc1. The summed E-state index contributed by atoms with van der Waals surface area (Å²) in [4.78, 5) is 14.8. The van der Waals surface area contributed by atoms with E-state index in [2.05, 4.69) is 34.6 Å². The molecular formula is C22H33NO3. The van der Waals surface area contributed by atoms with Crippen molar-refractivity contribution < 1.29 is 14.3 Å². The zero-order valence-electron chi connectivity index (χ0n) is 17.7. The van der Waals surface area contributed by atoms with Crippen molar-refractivity contribution in [2.24, 2.45) is 10.8 Å². The fraction of sp³-hybridized carbons (Fsp3) is 0.591. The van der Waals surface area contributed by atoms with E-state index in [1.165, 1.54) is 5.57 Å². The standard InChI is InChI=1S/C22H33NO3/c1-20(2,3)18-17(15-10-12-16(25-9)13-11-15)23(14-22(18,7)8)19(24)26-21(4,5)6/h10-13H,14H2,1-9H3. The van der Waals surface area contributed by atoms with E-state index in [0.29, 0.717) is 6.54 Å². The summed E-state index contributed by atoms with van der Waals surface area (Å²) in [5.41, 5.74) is 2.49. The van der Waals surface area contributed by atoms with Crippen LogP contribution < -0.4 is 4.74 Å². The van der Waals surface area contributed by atoms with Gasteiger partial charge in [-0.3, -0.25) is 4.90 Å². The third-order valence-electron chi connectivity index (χ3n) is 4.46. The Kier molecular flexibility index (Phi) is 5.19. The second-order valence-electron chi connectivity index (χ2n) is 9.65. The molecule has 0 unspecified atom stereocenters. The van der Waals surface area contributed by atoms with Crippen molar-refractivity contribution in [1.29, 1.82) is 0 Å². The van der Waals surface area contributed by atoms with Gasteiger partial charge in [0, 0.05) is 12.0 Å². The highest BCUT2D eigenvalue weighted by atomic mass is 16.6. The van der Waals surface area contributed by atoms with Crippen molar-refractivity contribution in [3.05, 3.63) is 35.4 Å². The van der Waals surface area contributed by atoms with Crippen LogP contribution in [0.25, 0.3) is 5.70 Å². The summed E-state index contributed by atoms with van der Waals surface area (Å²) in [5, 5.41) is 0. The Labute approximate surface area is 158 Å². The monoisotopic (exact) mass is 359 g/mol. The summed E-state index contributed by atoms with van der Waals surface area (Å²) in [7, 11) is 1.65. The first-order chi connectivity index (χ1) is 11.8. The van der Waals surface area contributed by atoms with Crippen molar-refractivity contribution in [1.82, 2.24) is 4.90 Å². The zero-order valence-corrected chi connectivity index (χ0v) is 17.7. The topological polar surface area (TPSA) is 38.8 Å². The van der Waals surface area contributed by atoms with Crippen LogP contribution in [0.15, 0.2) is 29.8 Å². The van der Waals surface area contributed by atoms with Crippen LogP contribution in [0.4, 0.5) is 4.79 Å². The maximum absolute atomic E-state index is 13.0. The van der Waals surface area contributed by atoms with E-state index < -0.39 is 5.60 Å². The Morgan fingerprint density at radius 3 is 2.00 bits per heavy atom. The number of hydrogen-bond acceptors (Lipinski definition) is 3. The van der Waals surface area contributed by atoms with E-state index in [4.69, 9.17) is 9.47 Å². The molecule has 1 heterocycles. The molecule has 0 bridgehead atoms. The Morgan fingerprint density at radius 1 is 1.04 bits per heavy atom. The molecule has 144 valence electrons. The third kappa shape index (κ3) is 4.22. The van der Waals surface area contributed by atoms with Gasteiger partial charge in [0.15, 0.2) is 0 Å². The van der Waals surface area contributed by atoms with Crippen LogP contribution in [0.3, 0.4) is 0 Å². The van der Waals surface area contributed by atoms with Gasteiger partial charge in [-0.1, -0.05) is 34.6 Å². The molecule has 0 N–H and O–H groups in total. The van der Waals surface area contributed by atoms with E-state index in [-0.39, 0.29) is 16.9 Å². The van der Waals surface area contributed by atoms with Crippen molar-refractivity contribution in [2.45, 2.75) is 61.0 Å². The number of rotatable bonds is 2. The molecular weight excluding hydrogens is 326 g/mol. The van der Waals surface area contributed by atoms with Crippen LogP contribution >= 0.6 is 0 Å². The minimum Gasteiger partial charge on any atom is -0.497 e. The molecule has 26 heavy (non-hydrogen) atoms. The lowest BCUT2D eigenvalue weighted by atomic mass is 9.71. The van der Waals surface area contributed by atoms with Gasteiger partial charge in [-0.15, -0.1) is 0 Å². The first kappa shape index (κ1) is 20.3. The summed E-state index contributed by atoms with van der Waals surface area (Å²) in [5.74, 6) is 0.799. The molecule has 0 saturated heterocycles. The molecule has 0 spiro atoms. The molecule has 0 fully saturated rings. The van der Waals surface area contributed by atoms with Gasteiger partial charge in [-0.2, -0.15) is 0 Å². The molecule has 1 aromatic rings. The molecule has 1 amide bonds. The van der Waals surface area contributed by atoms with Gasteiger partial charge in [0.2, 0.25) is 0 Å². The van der Waals surface area contributed by atoms with Gasteiger partial charge in [0.05, 0.1) is 12.8 Å². The highest BCUT2D eigenvalue weighted by Gasteiger charge is 2.46. The molecule has 0 aliphatic carbocycles. The van der Waals surface area contributed by atoms with Gasteiger partial charge in [0.1, 0.15) is 11.4 Å². The summed E-state index contributed by atoms with van der Waals surface area (Å²) < 4.78 is 11.0. The number of carbonyl (C=O) groups is 1. The highest BCUT2D eigenvalue weighted by molar-refractivity contribution is 5.86. The largest absolute Gasteiger partial charge is 0.497 e. The van der Waals surface area contributed by atoms with Crippen molar-refractivity contribution in [3.63, 3.8) is 0 Å². The predicted octanol–water partition coefficient (Wildman–Crippen LogP) is 5.73. The zero-order chi connectivity index (χ0) is 19.9. The molecule has 1 aromatic carbocycles. The lowest BCUT2D eigenvalue weighted by molar-refractivity contribution is 0.0338. The quantitative estimate of drug-likeness (QED) is 0.677. The summed E-state index contributed by atoms with van der Waals surface area (Å²) >= 11 is 0. The molecule has 1 aliphatic rings. The average molecular weight is 360 g/mol. The molecule has 0 atom stereocenters. The number of carbonyl (C=O) groups excluding carboxylic acids is 1. The third-order valence-corrected chi connectivity index (χ3v) is 4.46. The van der Waals surface area contributed by atoms with Gasteiger partial charge < -0.3 is 9.47 Å². The molecule has 4 heteroatoms. The summed E-state index contributed by atoms with van der Waals surface area (Å²) in [6, 6.07) is 7.89. The number of ether oxygens (including phenoxy) is 2. The number of benzene rings is 1. The van der Waals surface area contributed by atoms with Gasteiger partial charge >= 0.3 is 6.09 Å². The van der Waals surface area contributed by atoms with Gasteiger partial charge in [0.25, 0.3) is 0 Å². The van der Waals surface area contributed by atoms with E-state index >= 15 is 0 Å². The van der Waals surface area contributed by atoms with Crippen LogP contribution in [-0.4, -0.2) is 30.2 Å². The number of methoxy groups -OCH3 is 1. The van der Waals surface area contributed by atoms with E-state index in [0.717, 1.165) is 17.0 Å². The maximum Gasteiger partial charge on any atom is 0.414 e. The lowest BCUT2D eigenvalue weighted by Crippen LogP contribution is -2.36. The van der Waals surface area contributed by atoms with Crippen molar-refractivity contribution in [3.8, 4) is 5.75 Å². The molecule has 1 aliphatic heterocycles. The summed E-state index contributed by atoms with van der Waals surface area (Å²) in [6.07, 6.45) is -0.296. The minimum absolute atomic E-state index is 0.0739. The lowest BCUT2D eigenvalue weighted by Gasteiger charge is -2.32. The molecule has 4 nitrogen and oxygen atoms in total. The van der Waals surface area contributed by atoms with Crippen LogP contribution in [0.1, 0.15) is 61.0 Å². The van der Waals surface area contributed by atoms with Crippen LogP contribution in [0, 0.1) is 10.8 Å². The molecule has 0 aromatic heterocycles. The van der Waals surface area contributed by atoms with Gasteiger partial charge in [-0.05, 0) is 61.6 Å². The van der Waals surface area contributed by atoms with Crippen molar-refractivity contribution >= 4 is 11.8 Å². The average Bonchev–Trinajstić information content (AvgIpc) is 2.77. The second kappa shape index (κ2) is 6.64. The Morgan fingerprint density at radius 2 is 1.58 bits per heavy atom. The first-order valence-corrected chi connectivity index (χ1v) is 9.16. The van der Waals surface area contributed by atoms with E-state index in [1.807, 2.05) is 45.0 Å². The van der Waals surface area contributed by atoms with Crippen LogP contribution in [0.2, 0.25) is 0 Å². The Balaban J connectivity index is 2.62. The molecule has 0 saturated carbocycles.